The molecular weight excluding hydrogens is 485 g/mol. The zero-order chi connectivity index (χ0) is 25.4. The van der Waals surface area contributed by atoms with E-state index in [2.05, 4.69) is 19.8 Å². The summed E-state index contributed by atoms with van der Waals surface area (Å²) in [6.07, 6.45) is 2.41. The standard InChI is InChI=1S/C24H24ClF3N4O3/c1-11(20-19(35-24(27)28)5-4-18(26)22(20)25)17-8-30-23-16(17)6-14(7-29-23)21-12(2)31-32(13(21)3)9-15(34)10-33/h4-8,11,15,24,33-34H,9-10H2,1-3H3,(H,29,30)/t11-,15+/m0/s1. The summed E-state index contributed by atoms with van der Waals surface area (Å²) in [5.74, 6) is -1.55. The van der Waals surface area contributed by atoms with E-state index in [0.29, 0.717) is 22.3 Å². The predicted molar refractivity (Wildman–Crippen MR) is 125 cm³/mol. The smallest absolute Gasteiger partial charge is 0.387 e. The van der Waals surface area contributed by atoms with E-state index >= 15 is 0 Å². The molecule has 4 aromatic rings. The van der Waals surface area contributed by atoms with Crippen LogP contribution in [-0.4, -0.2) is 49.3 Å². The molecule has 0 fully saturated rings. The van der Waals surface area contributed by atoms with Gasteiger partial charge in [-0.2, -0.15) is 13.9 Å². The first-order valence-corrected chi connectivity index (χ1v) is 11.2. The van der Waals surface area contributed by atoms with Crippen LogP contribution in [-0.2, 0) is 6.54 Å². The van der Waals surface area contributed by atoms with Gasteiger partial charge in [0, 0.05) is 46.1 Å². The van der Waals surface area contributed by atoms with Crippen molar-refractivity contribution in [3.8, 4) is 16.9 Å². The molecule has 1 aromatic carbocycles. The lowest BCUT2D eigenvalue weighted by atomic mass is 9.91. The van der Waals surface area contributed by atoms with E-state index in [1.54, 1.807) is 24.0 Å². The maximum atomic E-state index is 14.3. The number of hydrogen-bond acceptors (Lipinski definition) is 5. The van der Waals surface area contributed by atoms with Crippen molar-refractivity contribution < 1.29 is 28.1 Å². The Bertz CT molecular complexity index is 1370. The molecule has 35 heavy (non-hydrogen) atoms. The van der Waals surface area contributed by atoms with Crippen LogP contribution < -0.4 is 4.74 Å². The highest BCUT2D eigenvalue weighted by molar-refractivity contribution is 6.31. The number of halogens is 4. The molecule has 3 N–H and O–H groups in total. The van der Waals surface area contributed by atoms with Crippen LogP contribution in [0.15, 0.2) is 30.6 Å². The number of nitrogens with one attached hydrogen (secondary N) is 1. The second-order valence-electron chi connectivity index (χ2n) is 8.30. The lowest BCUT2D eigenvalue weighted by molar-refractivity contribution is -0.0505. The van der Waals surface area contributed by atoms with Gasteiger partial charge in [-0.25, -0.2) is 9.37 Å². The Hall–Kier alpha value is -3.08. The van der Waals surface area contributed by atoms with Crippen molar-refractivity contribution in [3.63, 3.8) is 0 Å². The average molecular weight is 509 g/mol. The number of nitrogens with zero attached hydrogens (tertiary/aromatic N) is 3. The first-order chi connectivity index (χ1) is 16.6. The van der Waals surface area contributed by atoms with E-state index in [1.165, 1.54) is 0 Å². The summed E-state index contributed by atoms with van der Waals surface area (Å²) in [5.41, 5.74) is 4.38. The molecule has 0 bridgehead atoms. The molecule has 2 atom stereocenters. The van der Waals surface area contributed by atoms with Crippen molar-refractivity contribution in [2.45, 2.75) is 45.9 Å². The van der Waals surface area contributed by atoms with Gasteiger partial charge < -0.3 is 19.9 Å². The van der Waals surface area contributed by atoms with Crippen molar-refractivity contribution in [3.05, 3.63) is 63.9 Å². The number of alkyl halides is 2. The Morgan fingerprint density at radius 3 is 2.69 bits per heavy atom. The molecule has 0 aliphatic rings. The van der Waals surface area contributed by atoms with Gasteiger partial charge in [-0.3, -0.25) is 4.68 Å². The Morgan fingerprint density at radius 2 is 2.00 bits per heavy atom. The fourth-order valence-corrected chi connectivity index (χ4v) is 4.69. The second-order valence-corrected chi connectivity index (χ2v) is 8.68. The predicted octanol–water partition coefficient (Wildman–Crippen LogP) is 4.94. The van der Waals surface area contributed by atoms with Crippen molar-refractivity contribution in [2.24, 2.45) is 0 Å². The second kappa shape index (κ2) is 9.88. The van der Waals surface area contributed by atoms with Crippen molar-refractivity contribution in [1.29, 1.82) is 0 Å². The van der Waals surface area contributed by atoms with Crippen LogP contribution in [0.3, 0.4) is 0 Å². The largest absolute Gasteiger partial charge is 0.434 e. The minimum Gasteiger partial charge on any atom is -0.434 e. The van der Waals surface area contributed by atoms with Crippen molar-refractivity contribution in [1.82, 2.24) is 19.7 Å². The van der Waals surface area contributed by atoms with Gasteiger partial charge in [0.25, 0.3) is 0 Å². The van der Waals surface area contributed by atoms with Crippen LogP contribution in [0.25, 0.3) is 22.2 Å². The molecule has 0 aliphatic heterocycles. The molecule has 4 rings (SSSR count). The number of pyridine rings is 1. The molecule has 0 amide bonds. The third-order valence-electron chi connectivity index (χ3n) is 6.04. The van der Waals surface area contributed by atoms with Gasteiger partial charge in [0.1, 0.15) is 17.2 Å². The topological polar surface area (TPSA) is 96.2 Å². The van der Waals surface area contributed by atoms with Crippen LogP contribution in [0.4, 0.5) is 13.2 Å². The number of aliphatic hydroxyl groups is 2. The number of fused-ring (bicyclic) bond motifs is 1. The number of ether oxygens (including phenoxy) is 1. The number of aliphatic hydroxyl groups excluding tert-OH is 2. The Morgan fingerprint density at radius 1 is 1.26 bits per heavy atom. The quantitative estimate of drug-likeness (QED) is 0.313. The molecule has 7 nitrogen and oxygen atoms in total. The molecule has 0 aliphatic carbocycles. The summed E-state index contributed by atoms with van der Waals surface area (Å²) >= 11 is 6.19. The molecule has 0 saturated heterocycles. The van der Waals surface area contributed by atoms with Crippen LogP contribution >= 0.6 is 11.6 Å². The van der Waals surface area contributed by atoms with Crippen molar-refractivity contribution in [2.75, 3.05) is 6.61 Å². The molecule has 0 saturated carbocycles. The fourth-order valence-electron chi connectivity index (χ4n) is 4.37. The Labute approximate surface area is 204 Å². The van der Waals surface area contributed by atoms with Gasteiger partial charge in [-0.1, -0.05) is 18.5 Å². The molecule has 3 heterocycles. The normalized spacial score (nSPS) is 13.5. The molecule has 11 heteroatoms. The first kappa shape index (κ1) is 25.0. The minimum atomic E-state index is -3.09. The number of H-pyrrole nitrogens is 1. The summed E-state index contributed by atoms with van der Waals surface area (Å²) in [7, 11) is 0. The third-order valence-corrected chi connectivity index (χ3v) is 6.42. The van der Waals surface area contributed by atoms with Gasteiger partial charge >= 0.3 is 6.61 Å². The molecule has 0 radical (unpaired) electrons. The number of aromatic amines is 1. The van der Waals surface area contributed by atoms with E-state index in [0.717, 1.165) is 29.0 Å². The lowest BCUT2D eigenvalue weighted by Crippen LogP contribution is -2.21. The molecule has 186 valence electrons. The maximum Gasteiger partial charge on any atom is 0.387 e. The fraction of sp³-hybridized carbons (Fsp3) is 0.333. The van der Waals surface area contributed by atoms with Crippen LogP contribution in [0, 0.1) is 19.7 Å². The van der Waals surface area contributed by atoms with E-state index in [4.69, 9.17) is 16.7 Å². The lowest BCUT2D eigenvalue weighted by Gasteiger charge is -2.18. The molecular formula is C24H24ClF3N4O3. The number of aryl methyl sites for hydroxylation is 1. The van der Waals surface area contributed by atoms with Crippen LogP contribution in [0.2, 0.25) is 5.02 Å². The highest BCUT2D eigenvalue weighted by Gasteiger charge is 2.25. The Balaban J connectivity index is 1.81. The SMILES string of the molecule is Cc1nn(C[C@@H](O)CO)c(C)c1-c1cnc2[nH]cc([C@H](C)c3c(OC(F)F)ccc(F)c3Cl)c2c1. The molecule has 0 unspecified atom stereocenters. The summed E-state index contributed by atoms with van der Waals surface area (Å²) in [5, 5.41) is 23.9. The van der Waals surface area contributed by atoms with Gasteiger partial charge in [0.05, 0.1) is 30.0 Å². The van der Waals surface area contributed by atoms with Crippen LogP contribution in [0.5, 0.6) is 5.75 Å². The van der Waals surface area contributed by atoms with Gasteiger partial charge in [0.2, 0.25) is 0 Å². The van der Waals surface area contributed by atoms with E-state index in [9.17, 15) is 18.3 Å². The summed E-state index contributed by atoms with van der Waals surface area (Å²) < 4.78 is 46.5. The number of hydrogen-bond donors (Lipinski definition) is 3. The van der Waals surface area contributed by atoms with E-state index in [-0.39, 0.29) is 29.5 Å². The average Bonchev–Trinajstić information content (AvgIpc) is 3.35. The third kappa shape index (κ3) is 4.73. The number of benzene rings is 1. The summed E-state index contributed by atoms with van der Waals surface area (Å²) in [6.45, 7) is 2.06. The monoisotopic (exact) mass is 508 g/mol. The summed E-state index contributed by atoms with van der Waals surface area (Å²) in [6, 6.07) is 4.01. The van der Waals surface area contributed by atoms with E-state index < -0.39 is 24.5 Å². The van der Waals surface area contributed by atoms with Gasteiger partial charge in [-0.05, 0) is 37.6 Å². The maximum absolute atomic E-state index is 14.3. The number of aromatic nitrogens is 4. The van der Waals surface area contributed by atoms with E-state index in [1.807, 2.05) is 19.9 Å². The van der Waals surface area contributed by atoms with Crippen LogP contribution in [0.1, 0.15) is 35.4 Å². The minimum absolute atomic E-state index is 0.108. The molecule has 0 spiro atoms. The highest BCUT2D eigenvalue weighted by Crippen LogP contribution is 2.41. The molecule has 3 aromatic heterocycles. The van der Waals surface area contributed by atoms with Gasteiger partial charge in [-0.15, -0.1) is 0 Å². The first-order valence-electron chi connectivity index (χ1n) is 10.8. The number of rotatable bonds is 8. The van der Waals surface area contributed by atoms with Gasteiger partial charge in [0.15, 0.2) is 0 Å². The summed E-state index contributed by atoms with van der Waals surface area (Å²) in [4.78, 5) is 7.55. The zero-order valence-electron chi connectivity index (χ0n) is 19.2. The Kier molecular flexibility index (Phi) is 7.07. The van der Waals surface area contributed by atoms with Crippen molar-refractivity contribution >= 4 is 22.6 Å². The zero-order valence-corrected chi connectivity index (χ0v) is 19.9. The highest BCUT2D eigenvalue weighted by atomic mass is 35.5.